The molecule has 0 aliphatic rings. The molecule has 0 saturated carbocycles. The predicted octanol–water partition coefficient (Wildman–Crippen LogP) is 2.65. The molecule has 0 bridgehead atoms. The summed E-state index contributed by atoms with van der Waals surface area (Å²) in [4.78, 5) is 2.66. The minimum Gasteiger partial charge on any atom is -0.469 e. The molecule has 0 radical (unpaired) electrons. The summed E-state index contributed by atoms with van der Waals surface area (Å²) in [7, 11) is 0. The molecule has 0 aliphatic heterocycles. The van der Waals surface area contributed by atoms with Gasteiger partial charge in [-0.1, -0.05) is 5.11 Å². The maximum Gasteiger partial charge on any atom is 0.112 e. The Balaban J connectivity index is 2.76. The largest absolute Gasteiger partial charge is 0.469 e. The van der Waals surface area contributed by atoms with Gasteiger partial charge in [-0.15, -0.1) is 0 Å². The molecule has 1 aromatic heterocycles. The molecular formula is C6H7N3O. The van der Waals surface area contributed by atoms with Crippen LogP contribution >= 0.6 is 0 Å². The summed E-state index contributed by atoms with van der Waals surface area (Å²) in [5, 5.41) is 3.45. The molecule has 1 rings (SSSR count). The Morgan fingerprint density at radius 3 is 3.10 bits per heavy atom. The van der Waals surface area contributed by atoms with Crippen molar-refractivity contribution in [1.29, 1.82) is 0 Å². The molecule has 4 heteroatoms. The van der Waals surface area contributed by atoms with Gasteiger partial charge in [-0.3, -0.25) is 0 Å². The van der Waals surface area contributed by atoms with Crippen LogP contribution < -0.4 is 0 Å². The molecule has 0 aliphatic carbocycles. The highest BCUT2D eigenvalue weighted by Gasteiger charge is 2.03. The first-order chi connectivity index (χ1) is 4.84. The van der Waals surface area contributed by atoms with Crippen molar-refractivity contribution in [3.05, 3.63) is 34.6 Å². The van der Waals surface area contributed by atoms with Gasteiger partial charge in [0.25, 0.3) is 0 Å². The highest BCUT2D eigenvalue weighted by molar-refractivity contribution is 5.02. The summed E-state index contributed by atoms with van der Waals surface area (Å²) in [5.41, 5.74) is 8.05. The van der Waals surface area contributed by atoms with E-state index in [-0.39, 0.29) is 6.04 Å². The molecule has 0 saturated heterocycles. The Morgan fingerprint density at radius 1 is 1.80 bits per heavy atom. The number of hydrogen-bond donors (Lipinski definition) is 0. The normalized spacial score (nSPS) is 12.1. The second-order valence-electron chi connectivity index (χ2n) is 1.90. The first-order valence-corrected chi connectivity index (χ1v) is 2.92. The third-order valence-corrected chi connectivity index (χ3v) is 1.18. The fraction of sp³-hybridized carbons (Fsp3) is 0.333. The van der Waals surface area contributed by atoms with E-state index < -0.39 is 0 Å². The monoisotopic (exact) mass is 137 g/mol. The molecule has 0 unspecified atom stereocenters. The number of nitrogens with zero attached hydrogens (tertiary/aromatic N) is 3. The molecule has 0 N–H and O–H groups in total. The Bertz CT molecular complexity index is 236. The fourth-order valence-electron chi connectivity index (χ4n) is 0.663. The van der Waals surface area contributed by atoms with Gasteiger partial charge in [0.2, 0.25) is 0 Å². The van der Waals surface area contributed by atoms with E-state index in [2.05, 4.69) is 10.0 Å². The lowest BCUT2D eigenvalue weighted by molar-refractivity contribution is 0.479. The molecule has 0 fully saturated rings. The maximum atomic E-state index is 8.05. The van der Waals surface area contributed by atoms with Crippen LogP contribution in [-0.4, -0.2) is 0 Å². The average Bonchev–Trinajstić information content (AvgIpc) is 2.38. The zero-order valence-corrected chi connectivity index (χ0v) is 5.56. The molecule has 0 amide bonds. The second-order valence-corrected chi connectivity index (χ2v) is 1.90. The van der Waals surface area contributed by atoms with Crippen LogP contribution in [0.2, 0.25) is 0 Å². The summed E-state index contributed by atoms with van der Waals surface area (Å²) in [5.74, 6) is 0.692. The van der Waals surface area contributed by atoms with E-state index in [9.17, 15) is 0 Å². The predicted molar refractivity (Wildman–Crippen MR) is 36.3 cm³/mol. The van der Waals surface area contributed by atoms with Crippen molar-refractivity contribution < 1.29 is 4.42 Å². The van der Waals surface area contributed by atoms with Crippen LogP contribution in [0, 0.1) is 0 Å². The molecule has 4 nitrogen and oxygen atoms in total. The van der Waals surface area contributed by atoms with Crippen LogP contribution in [0.3, 0.4) is 0 Å². The smallest absolute Gasteiger partial charge is 0.112 e. The van der Waals surface area contributed by atoms with Crippen molar-refractivity contribution in [3.63, 3.8) is 0 Å². The van der Waals surface area contributed by atoms with Crippen molar-refractivity contribution in [2.24, 2.45) is 5.11 Å². The van der Waals surface area contributed by atoms with Crippen molar-refractivity contribution in [2.75, 3.05) is 0 Å². The van der Waals surface area contributed by atoms with Crippen LogP contribution in [0.1, 0.15) is 18.7 Å². The van der Waals surface area contributed by atoms with Crippen molar-refractivity contribution in [3.8, 4) is 0 Å². The number of hydrogen-bond acceptors (Lipinski definition) is 2. The SMILES string of the molecule is C[C@@H](N=[N+]=[N-])c1ccco1. The molecule has 1 heterocycles. The van der Waals surface area contributed by atoms with Gasteiger partial charge in [0, 0.05) is 4.91 Å². The van der Waals surface area contributed by atoms with Crippen LogP contribution in [0.5, 0.6) is 0 Å². The molecule has 10 heavy (non-hydrogen) atoms. The van der Waals surface area contributed by atoms with Gasteiger partial charge in [-0.2, -0.15) is 0 Å². The molecular weight excluding hydrogens is 130 g/mol. The molecule has 52 valence electrons. The minimum atomic E-state index is -0.208. The highest BCUT2D eigenvalue weighted by Crippen LogP contribution is 2.15. The lowest BCUT2D eigenvalue weighted by Crippen LogP contribution is -1.81. The molecule has 0 aromatic carbocycles. The zero-order valence-electron chi connectivity index (χ0n) is 5.56. The lowest BCUT2D eigenvalue weighted by atomic mass is 10.3. The summed E-state index contributed by atoms with van der Waals surface area (Å²) < 4.78 is 4.98. The van der Waals surface area contributed by atoms with Gasteiger partial charge < -0.3 is 4.42 Å². The van der Waals surface area contributed by atoms with E-state index in [1.165, 1.54) is 0 Å². The van der Waals surface area contributed by atoms with Gasteiger partial charge in [0.05, 0.1) is 12.3 Å². The average molecular weight is 137 g/mol. The van der Waals surface area contributed by atoms with E-state index in [4.69, 9.17) is 9.95 Å². The summed E-state index contributed by atoms with van der Waals surface area (Å²) in [6.07, 6.45) is 1.55. The topological polar surface area (TPSA) is 61.9 Å². The second kappa shape index (κ2) is 2.94. The molecule has 1 aromatic rings. The van der Waals surface area contributed by atoms with Crippen LogP contribution in [0.15, 0.2) is 27.9 Å². The fourth-order valence-corrected chi connectivity index (χ4v) is 0.663. The Labute approximate surface area is 58.1 Å². The summed E-state index contributed by atoms with van der Waals surface area (Å²) in [6, 6.07) is 3.33. The lowest BCUT2D eigenvalue weighted by Gasteiger charge is -1.95. The van der Waals surface area contributed by atoms with E-state index in [0.29, 0.717) is 5.76 Å². The van der Waals surface area contributed by atoms with Gasteiger partial charge in [0.1, 0.15) is 5.76 Å². The Morgan fingerprint density at radius 2 is 2.60 bits per heavy atom. The summed E-state index contributed by atoms with van der Waals surface area (Å²) in [6.45, 7) is 1.78. The third kappa shape index (κ3) is 1.30. The number of furan rings is 1. The Hall–Kier alpha value is -1.41. The molecule has 1 atom stereocenters. The first kappa shape index (κ1) is 6.71. The maximum absolute atomic E-state index is 8.05. The van der Waals surface area contributed by atoms with Crippen LogP contribution in [0.4, 0.5) is 0 Å². The van der Waals surface area contributed by atoms with E-state index in [0.717, 1.165) is 0 Å². The van der Waals surface area contributed by atoms with E-state index >= 15 is 0 Å². The summed E-state index contributed by atoms with van der Waals surface area (Å²) >= 11 is 0. The van der Waals surface area contributed by atoms with E-state index in [1.807, 2.05) is 0 Å². The van der Waals surface area contributed by atoms with Crippen molar-refractivity contribution in [1.82, 2.24) is 0 Å². The van der Waals surface area contributed by atoms with Gasteiger partial charge in [-0.25, -0.2) is 0 Å². The van der Waals surface area contributed by atoms with Crippen LogP contribution in [-0.2, 0) is 0 Å². The highest BCUT2D eigenvalue weighted by atomic mass is 16.3. The van der Waals surface area contributed by atoms with E-state index in [1.54, 1.807) is 25.3 Å². The van der Waals surface area contributed by atoms with Crippen molar-refractivity contribution in [2.45, 2.75) is 13.0 Å². The molecule has 0 spiro atoms. The van der Waals surface area contributed by atoms with Crippen LogP contribution in [0.25, 0.3) is 10.4 Å². The zero-order chi connectivity index (χ0) is 7.40. The van der Waals surface area contributed by atoms with Crippen molar-refractivity contribution >= 4 is 0 Å². The Kier molecular flexibility index (Phi) is 1.97. The number of rotatable bonds is 2. The third-order valence-electron chi connectivity index (χ3n) is 1.18. The minimum absolute atomic E-state index is 0.208. The number of azide groups is 1. The standard InChI is InChI=1S/C6H7N3O/c1-5(8-9-7)6-3-2-4-10-6/h2-5H,1H3/t5-/m1/s1. The first-order valence-electron chi connectivity index (χ1n) is 2.92. The van der Waals surface area contributed by atoms with Gasteiger partial charge >= 0.3 is 0 Å². The van der Waals surface area contributed by atoms with Gasteiger partial charge in [-0.05, 0) is 24.6 Å². The quantitative estimate of drug-likeness (QED) is 0.351. The van der Waals surface area contributed by atoms with Gasteiger partial charge in [0.15, 0.2) is 0 Å².